The van der Waals surface area contributed by atoms with E-state index in [1.165, 1.54) is 0 Å². The molecule has 1 aromatic heterocycles. The Morgan fingerprint density at radius 3 is 2.75 bits per heavy atom. The molecule has 1 heterocycles. The number of rotatable bonds is 7. The zero-order valence-electron chi connectivity index (χ0n) is 11.9. The summed E-state index contributed by atoms with van der Waals surface area (Å²) in [5, 5.41) is 12.4. The van der Waals surface area contributed by atoms with E-state index in [0.717, 1.165) is 35.1 Å². The number of aliphatic hydroxyl groups excluding tert-OH is 1. The number of aromatic nitrogens is 1. The SMILES string of the molecule is COc1ccccc1CN(CCO)Cc1nc(C)cs1. The van der Waals surface area contributed by atoms with E-state index in [9.17, 15) is 5.11 Å². The van der Waals surface area contributed by atoms with Crippen LogP contribution < -0.4 is 4.74 Å². The van der Waals surface area contributed by atoms with Gasteiger partial charge >= 0.3 is 0 Å². The molecule has 0 spiro atoms. The molecule has 20 heavy (non-hydrogen) atoms. The summed E-state index contributed by atoms with van der Waals surface area (Å²) in [6, 6.07) is 7.97. The number of hydrogen-bond donors (Lipinski definition) is 1. The first-order chi connectivity index (χ1) is 9.72. The van der Waals surface area contributed by atoms with Gasteiger partial charge in [-0.15, -0.1) is 11.3 Å². The molecule has 0 atom stereocenters. The van der Waals surface area contributed by atoms with Crippen molar-refractivity contribution in [1.82, 2.24) is 9.88 Å². The van der Waals surface area contributed by atoms with Gasteiger partial charge in [-0.25, -0.2) is 4.98 Å². The summed E-state index contributed by atoms with van der Waals surface area (Å²) in [5.74, 6) is 0.880. The molecule has 4 nitrogen and oxygen atoms in total. The maximum absolute atomic E-state index is 9.23. The summed E-state index contributed by atoms with van der Waals surface area (Å²) in [4.78, 5) is 6.66. The second-order valence-corrected chi connectivity index (χ2v) is 5.57. The van der Waals surface area contributed by atoms with Crippen molar-refractivity contribution < 1.29 is 9.84 Å². The van der Waals surface area contributed by atoms with Crippen LogP contribution in [0.15, 0.2) is 29.6 Å². The Hall–Kier alpha value is -1.43. The quantitative estimate of drug-likeness (QED) is 0.851. The molecular weight excluding hydrogens is 272 g/mol. The molecule has 1 aromatic carbocycles. The number of nitrogens with zero attached hydrogens (tertiary/aromatic N) is 2. The maximum atomic E-state index is 9.23. The summed E-state index contributed by atoms with van der Waals surface area (Å²) in [6.45, 7) is 4.24. The highest BCUT2D eigenvalue weighted by Crippen LogP contribution is 2.20. The summed E-state index contributed by atoms with van der Waals surface area (Å²) in [6.07, 6.45) is 0. The highest BCUT2D eigenvalue weighted by atomic mass is 32.1. The van der Waals surface area contributed by atoms with Crippen LogP contribution in [0.4, 0.5) is 0 Å². The Balaban J connectivity index is 2.08. The van der Waals surface area contributed by atoms with Crippen LogP contribution in [0.3, 0.4) is 0 Å². The lowest BCUT2D eigenvalue weighted by molar-refractivity contribution is 0.182. The second-order valence-electron chi connectivity index (χ2n) is 4.63. The lowest BCUT2D eigenvalue weighted by Gasteiger charge is -2.21. The van der Waals surface area contributed by atoms with Crippen LogP contribution in [0.5, 0.6) is 5.75 Å². The minimum atomic E-state index is 0.138. The normalized spacial score (nSPS) is 11.0. The van der Waals surface area contributed by atoms with Gasteiger partial charge in [0, 0.05) is 29.7 Å². The van der Waals surface area contributed by atoms with Gasteiger partial charge in [0.25, 0.3) is 0 Å². The fraction of sp³-hybridized carbons (Fsp3) is 0.400. The first-order valence-electron chi connectivity index (χ1n) is 6.59. The van der Waals surface area contributed by atoms with Crippen LogP contribution in [0.25, 0.3) is 0 Å². The van der Waals surface area contributed by atoms with Crippen molar-refractivity contribution in [3.63, 3.8) is 0 Å². The number of benzene rings is 1. The van der Waals surface area contributed by atoms with E-state index >= 15 is 0 Å². The number of ether oxygens (including phenoxy) is 1. The molecule has 2 rings (SSSR count). The van der Waals surface area contributed by atoms with E-state index in [2.05, 4.69) is 21.3 Å². The number of thiazole rings is 1. The second kappa shape index (κ2) is 7.38. The molecule has 0 unspecified atom stereocenters. The molecule has 0 amide bonds. The van der Waals surface area contributed by atoms with Crippen molar-refractivity contribution in [3.8, 4) is 5.75 Å². The van der Waals surface area contributed by atoms with Crippen LogP contribution in [-0.4, -0.2) is 35.3 Å². The monoisotopic (exact) mass is 292 g/mol. The molecule has 0 aliphatic carbocycles. The summed E-state index contributed by atoms with van der Waals surface area (Å²) < 4.78 is 5.38. The van der Waals surface area contributed by atoms with Crippen LogP contribution >= 0.6 is 11.3 Å². The summed E-state index contributed by atoms with van der Waals surface area (Å²) in [5.41, 5.74) is 2.17. The molecule has 0 bridgehead atoms. The molecule has 0 aliphatic heterocycles. The van der Waals surface area contributed by atoms with Crippen LogP contribution in [0, 0.1) is 6.92 Å². The van der Waals surface area contributed by atoms with Crippen molar-refractivity contribution >= 4 is 11.3 Å². The van der Waals surface area contributed by atoms with Gasteiger partial charge in [-0.05, 0) is 13.0 Å². The van der Waals surface area contributed by atoms with Crippen LogP contribution in [0.1, 0.15) is 16.3 Å². The molecular formula is C15H20N2O2S. The fourth-order valence-corrected chi connectivity index (χ4v) is 2.91. The Kier molecular flexibility index (Phi) is 5.52. The van der Waals surface area contributed by atoms with Crippen molar-refractivity contribution in [2.24, 2.45) is 0 Å². The highest BCUT2D eigenvalue weighted by Gasteiger charge is 2.11. The van der Waals surface area contributed by atoms with Gasteiger partial charge in [0.05, 0.1) is 20.3 Å². The van der Waals surface area contributed by atoms with E-state index in [1.807, 2.05) is 25.1 Å². The third-order valence-corrected chi connectivity index (χ3v) is 3.98. The third kappa shape index (κ3) is 4.03. The molecule has 2 aromatic rings. The lowest BCUT2D eigenvalue weighted by Crippen LogP contribution is -2.26. The Morgan fingerprint density at radius 1 is 1.30 bits per heavy atom. The number of methoxy groups -OCH3 is 1. The lowest BCUT2D eigenvalue weighted by atomic mass is 10.2. The van der Waals surface area contributed by atoms with Crippen LogP contribution in [0.2, 0.25) is 0 Å². The third-order valence-electron chi connectivity index (χ3n) is 3.03. The predicted octanol–water partition coefficient (Wildman–Crippen LogP) is 2.45. The van der Waals surface area contributed by atoms with Gasteiger partial charge in [-0.1, -0.05) is 18.2 Å². The van der Waals surface area contributed by atoms with Crippen molar-refractivity contribution in [2.75, 3.05) is 20.3 Å². The first-order valence-corrected chi connectivity index (χ1v) is 7.47. The van der Waals surface area contributed by atoms with Gasteiger partial charge in [-0.2, -0.15) is 0 Å². The van der Waals surface area contributed by atoms with Gasteiger partial charge in [0.1, 0.15) is 10.8 Å². The number of hydrogen-bond acceptors (Lipinski definition) is 5. The molecule has 0 aliphatic rings. The summed E-state index contributed by atoms with van der Waals surface area (Å²) in [7, 11) is 1.68. The predicted molar refractivity (Wildman–Crippen MR) is 81.0 cm³/mol. The Bertz CT molecular complexity index is 542. The number of para-hydroxylation sites is 1. The first kappa shape index (κ1) is 15.0. The molecule has 0 saturated carbocycles. The van der Waals surface area contributed by atoms with E-state index in [4.69, 9.17) is 4.74 Å². The fourth-order valence-electron chi connectivity index (χ4n) is 2.10. The zero-order valence-corrected chi connectivity index (χ0v) is 12.7. The van der Waals surface area contributed by atoms with Crippen LogP contribution in [-0.2, 0) is 13.1 Å². The van der Waals surface area contributed by atoms with Crippen molar-refractivity contribution in [1.29, 1.82) is 0 Å². The minimum absolute atomic E-state index is 0.138. The Labute approximate surface area is 123 Å². The average Bonchev–Trinajstić information content (AvgIpc) is 2.85. The maximum Gasteiger partial charge on any atom is 0.123 e. The van der Waals surface area contributed by atoms with Gasteiger partial charge in [-0.3, -0.25) is 4.90 Å². The minimum Gasteiger partial charge on any atom is -0.496 e. The Morgan fingerprint density at radius 2 is 2.10 bits per heavy atom. The molecule has 1 N–H and O–H groups in total. The smallest absolute Gasteiger partial charge is 0.123 e. The zero-order chi connectivity index (χ0) is 14.4. The van der Waals surface area contributed by atoms with E-state index in [1.54, 1.807) is 18.4 Å². The molecule has 0 saturated heterocycles. The van der Waals surface area contributed by atoms with Gasteiger partial charge < -0.3 is 9.84 Å². The van der Waals surface area contributed by atoms with E-state index in [-0.39, 0.29) is 6.61 Å². The van der Waals surface area contributed by atoms with Crippen molar-refractivity contribution in [3.05, 3.63) is 45.9 Å². The number of aryl methyl sites for hydroxylation is 1. The van der Waals surface area contributed by atoms with Gasteiger partial charge in [0.2, 0.25) is 0 Å². The summed E-state index contributed by atoms with van der Waals surface area (Å²) >= 11 is 1.66. The molecule has 0 radical (unpaired) electrons. The van der Waals surface area contributed by atoms with E-state index < -0.39 is 0 Å². The average molecular weight is 292 g/mol. The molecule has 0 fully saturated rings. The van der Waals surface area contributed by atoms with Crippen molar-refractivity contribution in [2.45, 2.75) is 20.0 Å². The number of aliphatic hydroxyl groups is 1. The topological polar surface area (TPSA) is 45.6 Å². The highest BCUT2D eigenvalue weighted by molar-refractivity contribution is 7.09. The largest absolute Gasteiger partial charge is 0.496 e. The molecule has 5 heteroatoms. The van der Waals surface area contributed by atoms with E-state index in [0.29, 0.717) is 6.54 Å². The standard InChI is InChI=1S/C15H20N2O2S/c1-12-11-20-15(16-12)10-17(7-8-18)9-13-5-3-4-6-14(13)19-2/h3-6,11,18H,7-10H2,1-2H3. The molecule has 108 valence electrons. The van der Waals surface area contributed by atoms with Gasteiger partial charge in [0.15, 0.2) is 0 Å².